The number of hydrogen-bond acceptors (Lipinski definition) is 6. The van der Waals surface area contributed by atoms with Crippen molar-refractivity contribution < 1.29 is 22.8 Å². The normalized spacial score (nSPS) is 16.3. The number of carbonyl (C=O) groups is 1. The molecule has 0 atom stereocenters. The van der Waals surface area contributed by atoms with E-state index in [4.69, 9.17) is 9.57 Å². The minimum absolute atomic E-state index is 0.0664. The van der Waals surface area contributed by atoms with Gasteiger partial charge in [0.15, 0.2) is 0 Å². The number of benzene rings is 1. The maximum atomic E-state index is 12.1. The van der Waals surface area contributed by atoms with E-state index in [0.29, 0.717) is 12.1 Å². The van der Waals surface area contributed by atoms with Crippen LogP contribution in [0.2, 0.25) is 0 Å². The van der Waals surface area contributed by atoms with E-state index in [1.54, 1.807) is 0 Å². The highest BCUT2D eigenvalue weighted by Gasteiger charge is 2.21. The average Bonchev–Trinajstić information content (AvgIpc) is 2.61. The zero-order valence-corrected chi connectivity index (χ0v) is 14.7. The molecule has 0 saturated carbocycles. The summed E-state index contributed by atoms with van der Waals surface area (Å²) in [5.41, 5.74) is 0.413. The first-order valence-electron chi connectivity index (χ1n) is 7.66. The van der Waals surface area contributed by atoms with E-state index in [9.17, 15) is 13.2 Å². The number of ether oxygens (including phenoxy) is 1. The summed E-state index contributed by atoms with van der Waals surface area (Å²) in [5, 5.41) is 2.83. The number of sulfonamides is 1. The fourth-order valence-corrected chi connectivity index (χ4v) is 3.25. The van der Waals surface area contributed by atoms with E-state index in [-0.39, 0.29) is 10.8 Å². The van der Waals surface area contributed by atoms with Crippen LogP contribution in [-0.2, 0) is 19.6 Å². The van der Waals surface area contributed by atoms with Crippen molar-refractivity contribution in [1.82, 2.24) is 14.7 Å². The van der Waals surface area contributed by atoms with Crippen molar-refractivity contribution in [3.8, 4) is 0 Å². The molecule has 1 aromatic carbocycles. The van der Waals surface area contributed by atoms with Crippen LogP contribution in [0.5, 0.6) is 0 Å². The molecular formula is C15H23N3O5S. The lowest BCUT2D eigenvalue weighted by atomic mass is 10.2. The molecule has 0 aromatic heterocycles. The van der Waals surface area contributed by atoms with Gasteiger partial charge in [0.2, 0.25) is 0 Å². The van der Waals surface area contributed by atoms with Crippen molar-refractivity contribution in [2.75, 3.05) is 53.6 Å². The lowest BCUT2D eigenvalue weighted by Gasteiger charge is -2.26. The lowest BCUT2D eigenvalue weighted by molar-refractivity contribution is -0.0258. The Bertz CT molecular complexity index is 642. The molecule has 1 amide bonds. The number of hydroxylamine groups is 1. The quantitative estimate of drug-likeness (QED) is 0.688. The van der Waals surface area contributed by atoms with Crippen LogP contribution in [0.15, 0.2) is 29.2 Å². The highest BCUT2D eigenvalue weighted by molar-refractivity contribution is 7.89. The van der Waals surface area contributed by atoms with Crippen LogP contribution in [0.3, 0.4) is 0 Å². The molecule has 1 N–H and O–H groups in total. The number of morpholine rings is 1. The number of carbonyl (C=O) groups excluding carboxylic acids is 1. The van der Waals surface area contributed by atoms with E-state index in [1.165, 1.54) is 38.4 Å². The molecule has 9 heteroatoms. The van der Waals surface area contributed by atoms with Gasteiger partial charge in [0, 0.05) is 38.8 Å². The monoisotopic (exact) mass is 357 g/mol. The summed E-state index contributed by atoms with van der Waals surface area (Å²) >= 11 is 0. The lowest BCUT2D eigenvalue weighted by Crippen LogP contribution is -2.41. The molecule has 1 aliphatic heterocycles. The summed E-state index contributed by atoms with van der Waals surface area (Å²) in [6.45, 7) is 4.48. The highest BCUT2D eigenvalue weighted by Crippen LogP contribution is 2.15. The van der Waals surface area contributed by atoms with Crippen LogP contribution in [0.25, 0.3) is 0 Å². The smallest absolute Gasteiger partial charge is 0.264 e. The second-order valence-corrected chi connectivity index (χ2v) is 7.27. The topological polar surface area (TPSA) is 88.2 Å². The van der Waals surface area contributed by atoms with Crippen LogP contribution in [0.4, 0.5) is 0 Å². The Balaban J connectivity index is 1.89. The molecule has 8 nitrogen and oxygen atoms in total. The Kier molecular flexibility index (Phi) is 6.69. The summed E-state index contributed by atoms with van der Waals surface area (Å²) in [4.78, 5) is 19.1. The standard InChI is InChI=1S/C15H23N3O5S/c1-17(22-2)24(20,21)14-5-3-13(4-6-14)15(19)16-7-8-18-9-11-23-12-10-18/h3-6H,7-12H2,1-2H3,(H,16,19). The molecule has 1 saturated heterocycles. The van der Waals surface area contributed by atoms with E-state index in [1.807, 2.05) is 0 Å². The second kappa shape index (κ2) is 8.54. The first kappa shape index (κ1) is 18.8. The van der Waals surface area contributed by atoms with E-state index < -0.39 is 10.0 Å². The van der Waals surface area contributed by atoms with Crippen LogP contribution >= 0.6 is 0 Å². The molecular weight excluding hydrogens is 334 g/mol. The van der Waals surface area contributed by atoms with Crippen molar-refractivity contribution in [3.63, 3.8) is 0 Å². The summed E-state index contributed by atoms with van der Waals surface area (Å²) in [6.07, 6.45) is 0. The molecule has 0 bridgehead atoms. The molecule has 2 rings (SSSR count). The highest BCUT2D eigenvalue weighted by atomic mass is 32.2. The third kappa shape index (κ3) is 4.74. The zero-order chi connectivity index (χ0) is 17.6. The predicted molar refractivity (Wildman–Crippen MR) is 88.0 cm³/mol. The molecule has 1 heterocycles. The minimum Gasteiger partial charge on any atom is -0.379 e. The van der Waals surface area contributed by atoms with Crippen molar-refractivity contribution >= 4 is 15.9 Å². The Hall–Kier alpha value is -1.52. The number of nitrogens with one attached hydrogen (secondary N) is 1. The molecule has 0 unspecified atom stereocenters. The average molecular weight is 357 g/mol. The van der Waals surface area contributed by atoms with Gasteiger partial charge >= 0.3 is 0 Å². The number of amides is 1. The van der Waals surface area contributed by atoms with Gasteiger partial charge in [0.05, 0.1) is 25.2 Å². The maximum absolute atomic E-state index is 12.1. The van der Waals surface area contributed by atoms with Gasteiger partial charge in [-0.25, -0.2) is 8.42 Å². The fraction of sp³-hybridized carbons (Fsp3) is 0.533. The SMILES string of the molecule is CON(C)S(=O)(=O)c1ccc(C(=O)NCCN2CCOCC2)cc1. The van der Waals surface area contributed by atoms with E-state index in [0.717, 1.165) is 37.3 Å². The van der Waals surface area contributed by atoms with Crippen molar-refractivity contribution in [2.45, 2.75) is 4.90 Å². The molecule has 24 heavy (non-hydrogen) atoms. The first-order valence-corrected chi connectivity index (χ1v) is 9.10. The van der Waals surface area contributed by atoms with Crippen LogP contribution < -0.4 is 5.32 Å². The van der Waals surface area contributed by atoms with Gasteiger partial charge in [-0.1, -0.05) is 4.47 Å². The number of rotatable bonds is 7. The summed E-state index contributed by atoms with van der Waals surface area (Å²) in [7, 11) is -1.12. The van der Waals surface area contributed by atoms with Crippen molar-refractivity contribution in [2.24, 2.45) is 0 Å². The Morgan fingerprint density at radius 3 is 2.50 bits per heavy atom. The Labute approximate surface area is 142 Å². The molecule has 0 radical (unpaired) electrons. The third-order valence-corrected chi connectivity index (χ3v) is 5.52. The second-order valence-electron chi connectivity index (χ2n) is 5.33. The van der Waals surface area contributed by atoms with Gasteiger partial charge in [0.1, 0.15) is 0 Å². The van der Waals surface area contributed by atoms with Crippen LogP contribution in [0.1, 0.15) is 10.4 Å². The van der Waals surface area contributed by atoms with E-state index in [2.05, 4.69) is 10.2 Å². The molecule has 1 aromatic rings. The molecule has 0 spiro atoms. The minimum atomic E-state index is -3.70. The zero-order valence-electron chi connectivity index (χ0n) is 13.9. The van der Waals surface area contributed by atoms with Gasteiger partial charge in [-0.2, -0.15) is 0 Å². The Morgan fingerprint density at radius 2 is 1.92 bits per heavy atom. The van der Waals surface area contributed by atoms with Crippen molar-refractivity contribution in [3.05, 3.63) is 29.8 Å². The largest absolute Gasteiger partial charge is 0.379 e. The van der Waals surface area contributed by atoms with Crippen molar-refractivity contribution in [1.29, 1.82) is 0 Å². The third-order valence-electron chi connectivity index (χ3n) is 3.83. The van der Waals surface area contributed by atoms with Gasteiger partial charge in [-0.3, -0.25) is 14.5 Å². The Morgan fingerprint density at radius 1 is 1.29 bits per heavy atom. The summed E-state index contributed by atoms with van der Waals surface area (Å²) in [6, 6.07) is 5.75. The van der Waals surface area contributed by atoms with Gasteiger partial charge in [-0.15, -0.1) is 0 Å². The summed E-state index contributed by atoms with van der Waals surface area (Å²) < 4.78 is 30.2. The van der Waals surface area contributed by atoms with Crippen LogP contribution in [-0.4, -0.2) is 77.2 Å². The molecule has 134 valence electrons. The molecule has 0 aliphatic carbocycles. The van der Waals surface area contributed by atoms with Gasteiger partial charge in [0.25, 0.3) is 15.9 Å². The number of nitrogens with zero attached hydrogens (tertiary/aromatic N) is 2. The summed E-state index contributed by atoms with van der Waals surface area (Å²) in [5.74, 6) is -0.229. The molecule has 1 fully saturated rings. The maximum Gasteiger partial charge on any atom is 0.264 e. The van der Waals surface area contributed by atoms with E-state index >= 15 is 0 Å². The predicted octanol–water partition coefficient (Wildman–Crippen LogP) is -0.0695. The van der Waals surface area contributed by atoms with Gasteiger partial charge < -0.3 is 10.1 Å². The fourth-order valence-electron chi connectivity index (χ4n) is 2.28. The number of hydrogen-bond donors (Lipinski definition) is 1. The molecule has 1 aliphatic rings. The first-order chi connectivity index (χ1) is 11.4. The van der Waals surface area contributed by atoms with Gasteiger partial charge in [-0.05, 0) is 24.3 Å². The van der Waals surface area contributed by atoms with Crippen LogP contribution in [0, 0.1) is 0 Å².